The van der Waals surface area contributed by atoms with Crippen LogP contribution >= 0.6 is 11.3 Å². The number of anilines is 2. The Morgan fingerprint density at radius 2 is 2.19 bits per heavy atom. The number of thiophene rings is 1. The van der Waals surface area contributed by atoms with Gasteiger partial charge in [-0.25, -0.2) is 14.8 Å². The monoisotopic (exact) mass is 360 g/mol. The number of pyridine rings is 1. The molecule has 0 bridgehead atoms. The van der Waals surface area contributed by atoms with E-state index in [1.807, 2.05) is 12.1 Å². The normalized spacial score (nSPS) is 12.0. The predicted molar refractivity (Wildman–Crippen MR) is 105 cm³/mol. The van der Waals surface area contributed by atoms with Gasteiger partial charge in [-0.3, -0.25) is 0 Å². The second-order valence-corrected chi connectivity index (χ2v) is 6.67. The van der Waals surface area contributed by atoms with E-state index in [4.69, 9.17) is 12.3 Å². The van der Waals surface area contributed by atoms with Crippen LogP contribution in [0.4, 0.5) is 17.3 Å². The SMILES string of the molecule is [C-]#[N+]c1c(N)ncnc1NC(C)c1cc2ccccn2c1-c1ccsc1. The summed E-state index contributed by atoms with van der Waals surface area (Å²) in [6, 6.07) is 10.3. The molecule has 1 atom stereocenters. The van der Waals surface area contributed by atoms with Crippen LogP contribution in [0.1, 0.15) is 18.5 Å². The maximum atomic E-state index is 7.34. The highest BCUT2D eigenvalue weighted by Gasteiger charge is 2.19. The topological polar surface area (TPSA) is 72.6 Å². The minimum atomic E-state index is -0.0698. The molecule has 7 heteroatoms. The molecule has 1 unspecified atom stereocenters. The summed E-state index contributed by atoms with van der Waals surface area (Å²) < 4.78 is 2.18. The molecule has 0 saturated carbocycles. The van der Waals surface area contributed by atoms with Gasteiger partial charge in [-0.15, -0.1) is 0 Å². The van der Waals surface area contributed by atoms with Crippen molar-refractivity contribution in [2.75, 3.05) is 11.1 Å². The van der Waals surface area contributed by atoms with Gasteiger partial charge in [0.05, 0.1) is 18.3 Å². The van der Waals surface area contributed by atoms with Gasteiger partial charge < -0.3 is 15.5 Å². The summed E-state index contributed by atoms with van der Waals surface area (Å²) in [5, 5.41) is 7.54. The van der Waals surface area contributed by atoms with E-state index >= 15 is 0 Å². The summed E-state index contributed by atoms with van der Waals surface area (Å²) in [5.41, 5.74) is 10.6. The van der Waals surface area contributed by atoms with Crippen molar-refractivity contribution in [1.29, 1.82) is 0 Å². The lowest BCUT2D eigenvalue weighted by Crippen LogP contribution is -2.09. The van der Waals surface area contributed by atoms with E-state index in [1.165, 1.54) is 6.33 Å². The van der Waals surface area contributed by atoms with Crippen molar-refractivity contribution in [3.63, 3.8) is 0 Å². The Balaban J connectivity index is 1.81. The Bertz CT molecular complexity index is 1110. The van der Waals surface area contributed by atoms with Crippen molar-refractivity contribution in [3.05, 3.63) is 70.6 Å². The summed E-state index contributed by atoms with van der Waals surface area (Å²) in [6.07, 6.45) is 3.43. The van der Waals surface area contributed by atoms with Crippen LogP contribution in [0.15, 0.2) is 53.6 Å². The summed E-state index contributed by atoms with van der Waals surface area (Å²) in [7, 11) is 0. The van der Waals surface area contributed by atoms with Gasteiger partial charge in [0, 0.05) is 28.2 Å². The number of nitrogens with one attached hydrogen (secondary N) is 1. The fraction of sp³-hybridized carbons (Fsp3) is 0.105. The molecule has 4 aromatic heterocycles. The third-order valence-electron chi connectivity index (χ3n) is 4.29. The van der Waals surface area contributed by atoms with Crippen molar-refractivity contribution in [2.24, 2.45) is 0 Å². The molecule has 0 radical (unpaired) electrons. The standard InChI is InChI=1S/C19H16N6S/c1-12(24-19-16(21-2)18(20)22-11-23-19)15-9-14-5-3-4-7-25(14)17(15)13-6-8-26-10-13/h3-12H,1H3,(H3,20,22,23,24). The van der Waals surface area contributed by atoms with Crippen molar-refractivity contribution in [2.45, 2.75) is 13.0 Å². The lowest BCUT2D eigenvalue weighted by atomic mass is 10.1. The van der Waals surface area contributed by atoms with E-state index in [0.29, 0.717) is 5.82 Å². The Hall–Kier alpha value is -3.37. The molecule has 0 aliphatic heterocycles. The molecule has 0 aromatic carbocycles. The second-order valence-electron chi connectivity index (χ2n) is 5.89. The minimum absolute atomic E-state index is 0.0698. The first-order valence-electron chi connectivity index (χ1n) is 8.06. The van der Waals surface area contributed by atoms with Gasteiger partial charge in [0.25, 0.3) is 5.69 Å². The van der Waals surface area contributed by atoms with Crippen LogP contribution in [0.5, 0.6) is 0 Å². The van der Waals surface area contributed by atoms with Gasteiger partial charge in [-0.1, -0.05) is 6.07 Å². The van der Waals surface area contributed by atoms with E-state index in [-0.39, 0.29) is 17.5 Å². The van der Waals surface area contributed by atoms with Crippen LogP contribution in [-0.2, 0) is 0 Å². The van der Waals surface area contributed by atoms with Crippen molar-refractivity contribution >= 4 is 34.2 Å². The van der Waals surface area contributed by atoms with Crippen LogP contribution in [0.25, 0.3) is 21.6 Å². The molecule has 128 valence electrons. The number of hydrogen-bond acceptors (Lipinski definition) is 5. The van der Waals surface area contributed by atoms with E-state index in [0.717, 1.165) is 22.3 Å². The fourth-order valence-corrected chi connectivity index (χ4v) is 3.71. The molecule has 3 N–H and O–H groups in total. The summed E-state index contributed by atoms with van der Waals surface area (Å²) in [4.78, 5) is 11.6. The van der Waals surface area contributed by atoms with Crippen LogP contribution < -0.4 is 11.1 Å². The molecule has 4 rings (SSSR count). The number of rotatable bonds is 4. The van der Waals surface area contributed by atoms with Crippen LogP contribution in [-0.4, -0.2) is 14.4 Å². The lowest BCUT2D eigenvalue weighted by molar-refractivity contribution is 0.876. The number of fused-ring (bicyclic) bond motifs is 1. The highest BCUT2D eigenvalue weighted by molar-refractivity contribution is 7.08. The maximum Gasteiger partial charge on any atom is 0.268 e. The van der Waals surface area contributed by atoms with Gasteiger partial charge in [0.2, 0.25) is 0 Å². The molecular weight excluding hydrogens is 344 g/mol. The minimum Gasteiger partial charge on any atom is -0.392 e. The number of aromatic nitrogens is 3. The zero-order valence-electron chi connectivity index (χ0n) is 14.0. The number of nitrogens with zero attached hydrogens (tertiary/aromatic N) is 4. The van der Waals surface area contributed by atoms with Crippen LogP contribution in [0, 0.1) is 6.57 Å². The van der Waals surface area contributed by atoms with Crippen LogP contribution in [0.2, 0.25) is 0 Å². The molecule has 0 fully saturated rings. The Morgan fingerprint density at radius 1 is 1.31 bits per heavy atom. The lowest BCUT2D eigenvalue weighted by Gasteiger charge is -2.17. The second kappa shape index (κ2) is 6.50. The maximum absolute atomic E-state index is 7.34. The van der Waals surface area contributed by atoms with Gasteiger partial charge in [-0.05, 0) is 36.6 Å². The third-order valence-corrected chi connectivity index (χ3v) is 4.97. The molecule has 0 spiro atoms. The fourth-order valence-electron chi connectivity index (χ4n) is 3.07. The first kappa shape index (κ1) is 16.1. The van der Waals surface area contributed by atoms with E-state index in [1.54, 1.807) is 11.3 Å². The number of nitrogens with two attached hydrogens (primary N) is 1. The van der Waals surface area contributed by atoms with E-state index in [2.05, 4.69) is 66.6 Å². The average molecular weight is 360 g/mol. The quantitative estimate of drug-likeness (QED) is 0.515. The summed E-state index contributed by atoms with van der Waals surface area (Å²) in [6.45, 7) is 9.39. The van der Waals surface area contributed by atoms with E-state index in [9.17, 15) is 0 Å². The Morgan fingerprint density at radius 3 is 2.96 bits per heavy atom. The molecule has 0 aliphatic rings. The van der Waals surface area contributed by atoms with Gasteiger partial charge in [-0.2, -0.15) is 11.3 Å². The average Bonchev–Trinajstić information content (AvgIpc) is 3.29. The summed E-state index contributed by atoms with van der Waals surface area (Å²) in [5.74, 6) is 0.635. The van der Waals surface area contributed by atoms with Crippen molar-refractivity contribution in [1.82, 2.24) is 14.4 Å². The zero-order chi connectivity index (χ0) is 18.1. The molecule has 4 aromatic rings. The smallest absolute Gasteiger partial charge is 0.268 e. The van der Waals surface area contributed by atoms with Crippen LogP contribution in [0.3, 0.4) is 0 Å². The highest BCUT2D eigenvalue weighted by Crippen LogP contribution is 2.36. The molecule has 0 amide bonds. The third kappa shape index (κ3) is 2.66. The predicted octanol–water partition coefficient (Wildman–Crippen LogP) is 4.76. The summed E-state index contributed by atoms with van der Waals surface area (Å²) >= 11 is 1.67. The largest absolute Gasteiger partial charge is 0.392 e. The first-order valence-corrected chi connectivity index (χ1v) is 9.00. The zero-order valence-corrected chi connectivity index (χ0v) is 14.9. The van der Waals surface area contributed by atoms with Crippen molar-refractivity contribution in [3.8, 4) is 11.3 Å². The van der Waals surface area contributed by atoms with Gasteiger partial charge >= 0.3 is 0 Å². The molecule has 0 saturated heterocycles. The highest BCUT2D eigenvalue weighted by atomic mass is 32.1. The van der Waals surface area contributed by atoms with Crippen molar-refractivity contribution < 1.29 is 0 Å². The van der Waals surface area contributed by atoms with Gasteiger partial charge in [0.1, 0.15) is 18.0 Å². The molecular formula is C19H16N6S. The molecule has 0 aliphatic carbocycles. The van der Waals surface area contributed by atoms with Gasteiger partial charge in [0.15, 0.2) is 0 Å². The molecule has 26 heavy (non-hydrogen) atoms. The van der Waals surface area contributed by atoms with E-state index < -0.39 is 0 Å². The number of hydrogen-bond donors (Lipinski definition) is 2. The molecule has 4 heterocycles. The molecule has 6 nitrogen and oxygen atoms in total. The number of nitrogen functional groups attached to an aromatic ring is 1. The Labute approximate surface area is 154 Å². The first-order chi connectivity index (χ1) is 12.7. The Kier molecular flexibility index (Phi) is 4.03.